The lowest BCUT2D eigenvalue weighted by Gasteiger charge is -2.42. The fraction of sp³-hybridized carbons (Fsp3) is 0.174. The van der Waals surface area contributed by atoms with E-state index in [2.05, 4.69) is 9.62 Å². The predicted octanol–water partition coefficient (Wildman–Crippen LogP) is 5.74. The van der Waals surface area contributed by atoms with Gasteiger partial charge in [0.2, 0.25) is 0 Å². The van der Waals surface area contributed by atoms with Crippen molar-refractivity contribution in [2.45, 2.75) is 6.04 Å². The Bertz CT molecular complexity index is 1290. The molecular weight excluding hydrogens is 503 g/mol. The molecule has 0 aromatic heterocycles. The van der Waals surface area contributed by atoms with Gasteiger partial charge in [-0.2, -0.15) is 18.0 Å². The van der Waals surface area contributed by atoms with Crippen molar-refractivity contribution < 1.29 is 8.42 Å². The van der Waals surface area contributed by atoms with Crippen LogP contribution in [0.1, 0.15) is 17.2 Å². The van der Waals surface area contributed by atoms with Crippen LogP contribution >= 0.6 is 34.8 Å². The zero-order chi connectivity index (χ0) is 23.6. The first-order chi connectivity index (χ1) is 15.8. The summed E-state index contributed by atoms with van der Waals surface area (Å²) in [5, 5.41) is 10.6. The molecule has 0 aliphatic carbocycles. The van der Waals surface area contributed by atoms with Crippen molar-refractivity contribution in [3.63, 3.8) is 0 Å². The quantitative estimate of drug-likeness (QED) is 0.464. The van der Waals surface area contributed by atoms with Gasteiger partial charge in [0.15, 0.2) is 0 Å². The number of halogens is 3. The van der Waals surface area contributed by atoms with Crippen molar-refractivity contribution in [2.24, 2.45) is 0 Å². The number of hydrogen-bond donors (Lipinski definition) is 1. The molecule has 10 heteroatoms. The molecule has 6 nitrogen and oxygen atoms in total. The van der Waals surface area contributed by atoms with Crippen LogP contribution in [0, 0.1) is 11.3 Å². The molecule has 1 aliphatic rings. The molecule has 1 saturated heterocycles. The van der Waals surface area contributed by atoms with Crippen LogP contribution in [0.15, 0.2) is 66.7 Å². The van der Waals surface area contributed by atoms with E-state index in [0.717, 1.165) is 11.3 Å². The summed E-state index contributed by atoms with van der Waals surface area (Å²) in [6.07, 6.45) is 0. The number of piperazine rings is 1. The minimum atomic E-state index is -3.83. The van der Waals surface area contributed by atoms with Crippen LogP contribution in [0.25, 0.3) is 0 Å². The molecule has 0 radical (unpaired) electrons. The molecular formula is C23H19Cl3N4O2S. The van der Waals surface area contributed by atoms with E-state index in [1.165, 1.54) is 4.31 Å². The third kappa shape index (κ3) is 5.37. The summed E-state index contributed by atoms with van der Waals surface area (Å²) in [5.41, 5.74) is 2.52. The standard InChI is InChI=1S/C23H19Cl3N4O2S/c24-18-5-3-17(4-6-18)23-15-29(11-12-30(23)22-10-7-19(25)13-21(22)26)33(31,32)28-20-8-1-16(14-27)2-9-20/h1-10,13,23,28H,11-12,15H2. The van der Waals surface area contributed by atoms with Gasteiger partial charge in [-0.3, -0.25) is 4.72 Å². The molecule has 0 spiro atoms. The largest absolute Gasteiger partial charge is 0.361 e. The van der Waals surface area contributed by atoms with Crippen molar-refractivity contribution >= 4 is 56.4 Å². The molecule has 1 fully saturated rings. The predicted molar refractivity (Wildman–Crippen MR) is 133 cm³/mol. The van der Waals surface area contributed by atoms with E-state index in [1.54, 1.807) is 48.5 Å². The van der Waals surface area contributed by atoms with Crippen molar-refractivity contribution in [2.75, 3.05) is 29.3 Å². The van der Waals surface area contributed by atoms with Crippen LogP contribution in [0.3, 0.4) is 0 Å². The van der Waals surface area contributed by atoms with E-state index in [-0.39, 0.29) is 19.1 Å². The highest BCUT2D eigenvalue weighted by Gasteiger charge is 2.35. The highest BCUT2D eigenvalue weighted by Crippen LogP contribution is 2.37. The fourth-order valence-corrected chi connectivity index (χ4v) is 5.64. The van der Waals surface area contributed by atoms with Crippen LogP contribution in [0.2, 0.25) is 15.1 Å². The number of nitrogens with one attached hydrogen (secondary N) is 1. The fourth-order valence-electron chi connectivity index (χ4n) is 3.78. The first-order valence-corrected chi connectivity index (χ1v) is 12.6. The lowest BCUT2D eigenvalue weighted by molar-refractivity contribution is 0.337. The Balaban J connectivity index is 1.63. The zero-order valence-corrected chi connectivity index (χ0v) is 20.3. The van der Waals surface area contributed by atoms with Gasteiger partial charge in [0.25, 0.3) is 0 Å². The van der Waals surface area contributed by atoms with E-state index in [4.69, 9.17) is 40.1 Å². The van der Waals surface area contributed by atoms with Crippen molar-refractivity contribution in [1.29, 1.82) is 5.26 Å². The van der Waals surface area contributed by atoms with E-state index < -0.39 is 10.2 Å². The normalized spacial score (nSPS) is 16.9. The number of hydrogen-bond acceptors (Lipinski definition) is 4. The maximum Gasteiger partial charge on any atom is 0.301 e. The van der Waals surface area contributed by atoms with Crippen LogP contribution in [-0.4, -0.2) is 32.4 Å². The monoisotopic (exact) mass is 520 g/mol. The summed E-state index contributed by atoms with van der Waals surface area (Å²) in [7, 11) is -3.83. The Kier molecular flexibility index (Phi) is 7.03. The summed E-state index contributed by atoms with van der Waals surface area (Å²) in [6, 6.07) is 20.6. The number of anilines is 2. The van der Waals surface area contributed by atoms with Crippen LogP contribution in [0.4, 0.5) is 11.4 Å². The highest BCUT2D eigenvalue weighted by atomic mass is 35.5. The van der Waals surface area contributed by atoms with Gasteiger partial charge in [-0.15, -0.1) is 0 Å². The van der Waals surface area contributed by atoms with Crippen molar-refractivity contribution in [3.05, 3.63) is 92.9 Å². The molecule has 1 N–H and O–H groups in total. The maximum atomic E-state index is 13.2. The minimum absolute atomic E-state index is 0.201. The number of benzene rings is 3. The summed E-state index contributed by atoms with van der Waals surface area (Å²) in [5.74, 6) is 0. The first kappa shape index (κ1) is 23.7. The number of nitriles is 1. The highest BCUT2D eigenvalue weighted by molar-refractivity contribution is 7.90. The summed E-state index contributed by atoms with van der Waals surface area (Å²) in [6.45, 7) is 0.879. The van der Waals surface area contributed by atoms with Gasteiger partial charge in [-0.05, 0) is 60.2 Å². The number of nitrogens with zero attached hydrogens (tertiary/aromatic N) is 3. The Labute approximate surface area is 208 Å². The van der Waals surface area contributed by atoms with Gasteiger partial charge in [0.1, 0.15) is 0 Å². The topological polar surface area (TPSA) is 76.4 Å². The van der Waals surface area contributed by atoms with E-state index in [9.17, 15) is 8.42 Å². The van der Waals surface area contributed by atoms with E-state index in [0.29, 0.717) is 32.9 Å². The smallest absolute Gasteiger partial charge is 0.301 e. The zero-order valence-electron chi connectivity index (χ0n) is 17.2. The van der Waals surface area contributed by atoms with Crippen LogP contribution < -0.4 is 9.62 Å². The van der Waals surface area contributed by atoms with E-state index >= 15 is 0 Å². The van der Waals surface area contributed by atoms with Gasteiger partial charge in [-0.1, -0.05) is 46.9 Å². The second kappa shape index (κ2) is 9.80. The molecule has 170 valence electrons. The van der Waals surface area contributed by atoms with E-state index in [1.807, 2.05) is 24.3 Å². The lowest BCUT2D eigenvalue weighted by Crippen LogP contribution is -2.52. The molecule has 4 rings (SSSR count). The maximum absolute atomic E-state index is 13.2. The average molecular weight is 522 g/mol. The van der Waals surface area contributed by atoms with Crippen LogP contribution in [0.5, 0.6) is 0 Å². The lowest BCUT2D eigenvalue weighted by atomic mass is 10.0. The molecule has 0 bridgehead atoms. The van der Waals surface area contributed by atoms with Gasteiger partial charge in [0, 0.05) is 35.4 Å². The average Bonchev–Trinajstić information content (AvgIpc) is 2.80. The van der Waals surface area contributed by atoms with Crippen molar-refractivity contribution in [1.82, 2.24) is 4.31 Å². The molecule has 1 atom stereocenters. The van der Waals surface area contributed by atoms with Gasteiger partial charge >= 0.3 is 10.2 Å². The molecule has 3 aromatic carbocycles. The van der Waals surface area contributed by atoms with Gasteiger partial charge < -0.3 is 4.90 Å². The molecule has 33 heavy (non-hydrogen) atoms. The summed E-state index contributed by atoms with van der Waals surface area (Å²) < 4.78 is 30.3. The molecule has 1 heterocycles. The van der Waals surface area contributed by atoms with Crippen LogP contribution in [-0.2, 0) is 10.2 Å². The molecule has 1 unspecified atom stereocenters. The molecule has 0 amide bonds. The Morgan fingerprint density at radius 2 is 1.58 bits per heavy atom. The first-order valence-electron chi connectivity index (χ1n) is 10.0. The molecule has 1 aliphatic heterocycles. The molecule has 3 aromatic rings. The minimum Gasteiger partial charge on any atom is -0.361 e. The van der Waals surface area contributed by atoms with Crippen molar-refractivity contribution in [3.8, 4) is 6.07 Å². The summed E-state index contributed by atoms with van der Waals surface area (Å²) >= 11 is 18.6. The summed E-state index contributed by atoms with van der Waals surface area (Å²) in [4.78, 5) is 2.08. The molecule has 0 saturated carbocycles. The third-order valence-corrected chi connectivity index (χ3v) is 7.71. The van der Waals surface area contributed by atoms with Gasteiger partial charge in [-0.25, -0.2) is 0 Å². The Hall–Kier alpha value is -2.47. The Morgan fingerprint density at radius 3 is 2.21 bits per heavy atom. The second-order valence-electron chi connectivity index (χ2n) is 7.51. The number of rotatable bonds is 5. The van der Waals surface area contributed by atoms with Gasteiger partial charge in [0.05, 0.1) is 28.4 Å². The Morgan fingerprint density at radius 1 is 0.909 bits per heavy atom. The third-order valence-electron chi connectivity index (χ3n) is 5.42. The SMILES string of the molecule is N#Cc1ccc(NS(=O)(=O)N2CCN(c3ccc(Cl)cc3Cl)C(c3ccc(Cl)cc3)C2)cc1. The second-order valence-corrected chi connectivity index (χ2v) is 10.5.